The molecule has 0 aromatic heterocycles. The zero-order valence-electron chi connectivity index (χ0n) is 13.3. The SMILES string of the molecule is COC(=O)c1ccc(C)c(NC(=O)COc2cccc(C#N)c2)c1. The molecule has 1 amide bonds. The highest BCUT2D eigenvalue weighted by atomic mass is 16.5. The Morgan fingerprint density at radius 1 is 1.21 bits per heavy atom. The summed E-state index contributed by atoms with van der Waals surface area (Å²) in [5.41, 5.74) is 2.12. The van der Waals surface area contributed by atoms with Crippen LogP contribution in [-0.4, -0.2) is 25.6 Å². The first-order valence-electron chi connectivity index (χ1n) is 7.15. The van der Waals surface area contributed by atoms with Crippen LogP contribution >= 0.6 is 0 Å². The average Bonchev–Trinajstić information content (AvgIpc) is 2.61. The number of anilines is 1. The fourth-order valence-electron chi connectivity index (χ4n) is 1.99. The first-order chi connectivity index (χ1) is 11.5. The summed E-state index contributed by atoms with van der Waals surface area (Å²) in [5, 5.41) is 11.5. The number of hydrogen-bond acceptors (Lipinski definition) is 5. The highest BCUT2D eigenvalue weighted by Crippen LogP contribution is 2.18. The second-order valence-electron chi connectivity index (χ2n) is 5.00. The predicted octanol–water partition coefficient (Wildman–Crippen LogP) is 2.67. The van der Waals surface area contributed by atoms with Gasteiger partial charge in [-0.2, -0.15) is 5.26 Å². The minimum atomic E-state index is -0.477. The van der Waals surface area contributed by atoms with Crippen molar-refractivity contribution in [2.24, 2.45) is 0 Å². The van der Waals surface area contributed by atoms with E-state index < -0.39 is 5.97 Å². The number of nitriles is 1. The van der Waals surface area contributed by atoms with Gasteiger partial charge in [0.15, 0.2) is 6.61 Å². The molecule has 6 heteroatoms. The second kappa shape index (κ2) is 7.79. The number of aryl methyl sites for hydroxylation is 1. The molecule has 0 fully saturated rings. The summed E-state index contributed by atoms with van der Waals surface area (Å²) in [6.07, 6.45) is 0. The van der Waals surface area contributed by atoms with Gasteiger partial charge in [-0.25, -0.2) is 4.79 Å². The fraction of sp³-hybridized carbons (Fsp3) is 0.167. The maximum Gasteiger partial charge on any atom is 0.337 e. The molecule has 0 aliphatic rings. The molecule has 0 aliphatic heterocycles. The molecular weight excluding hydrogens is 308 g/mol. The van der Waals surface area contributed by atoms with Crippen LogP contribution in [0.3, 0.4) is 0 Å². The maximum absolute atomic E-state index is 12.0. The number of nitrogens with one attached hydrogen (secondary N) is 1. The van der Waals surface area contributed by atoms with E-state index in [9.17, 15) is 9.59 Å². The lowest BCUT2D eigenvalue weighted by molar-refractivity contribution is -0.118. The lowest BCUT2D eigenvalue weighted by atomic mass is 10.1. The Hall–Kier alpha value is -3.33. The molecule has 0 atom stereocenters. The molecule has 0 heterocycles. The summed E-state index contributed by atoms with van der Waals surface area (Å²) in [5.74, 6) is -0.415. The Balaban J connectivity index is 2.02. The third-order valence-electron chi connectivity index (χ3n) is 3.27. The van der Waals surface area contributed by atoms with Gasteiger partial charge in [-0.05, 0) is 42.8 Å². The smallest absolute Gasteiger partial charge is 0.337 e. The van der Waals surface area contributed by atoms with Gasteiger partial charge in [0.2, 0.25) is 0 Å². The van der Waals surface area contributed by atoms with E-state index in [0.717, 1.165) is 5.56 Å². The van der Waals surface area contributed by atoms with Crippen molar-refractivity contribution >= 4 is 17.6 Å². The lowest BCUT2D eigenvalue weighted by Gasteiger charge is -2.11. The average molecular weight is 324 g/mol. The molecule has 0 radical (unpaired) electrons. The highest BCUT2D eigenvalue weighted by Gasteiger charge is 2.11. The summed E-state index contributed by atoms with van der Waals surface area (Å²) >= 11 is 0. The molecule has 1 N–H and O–H groups in total. The summed E-state index contributed by atoms with van der Waals surface area (Å²) in [6.45, 7) is 1.60. The first-order valence-corrected chi connectivity index (χ1v) is 7.15. The van der Waals surface area contributed by atoms with E-state index in [4.69, 9.17) is 10.00 Å². The van der Waals surface area contributed by atoms with Gasteiger partial charge in [0, 0.05) is 5.69 Å². The molecule has 24 heavy (non-hydrogen) atoms. The third-order valence-corrected chi connectivity index (χ3v) is 3.27. The number of carbonyl (C=O) groups excluding carboxylic acids is 2. The van der Waals surface area contributed by atoms with Gasteiger partial charge in [-0.3, -0.25) is 4.79 Å². The summed E-state index contributed by atoms with van der Waals surface area (Å²) in [6, 6.07) is 13.4. The molecule has 0 saturated heterocycles. The number of nitrogens with zero attached hydrogens (tertiary/aromatic N) is 1. The van der Waals surface area contributed by atoms with Crippen molar-refractivity contribution in [1.82, 2.24) is 0 Å². The standard InChI is InChI=1S/C18H16N2O4/c1-12-6-7-14(18(22)23-2)9-16(12)20-17(21)11-24-15-5-3-4-13(8-15)10-19/h3-9H,11H2,1-2H3,(H,20,21). The second-order valence-corrected chi connectivity index (χ2v) is 5.00. The Bertz CT molecular complexity index is 809. The molecule has 0 spiro atoms. The Kier molecular flexibility index (Phi) is 5.53. The minimum absolute atomic E-state index is 0.212. The lowest BCUT2D eigenvalue weighted by Crippen LogP contribution is -2.21. The van der Waals surface area contributed by atoms with Crippen LogP contribution in [0.2, 0.25) is 0 Å². The Labute approximate surface area is 139 Å². The zero-order chi connectivity index (χ0) is 17.5. The van der Waals surface area contributed by atoms with Crippen molar-refractivity contribution in [3.63, 3.8) is 0 Å². The molecular formula is C18H16N2O4. The van der Waals surface area contributed by atoms with E-state index >= 15 is 0 Å². The zero-order valence-corrected chi connectivity index (χ0v) is 13.3. The van der Waals surface area contributed by atoms with Crippen LogP contribution in [0.15, 0.2) is 42.5 Å². The Morgan fingerprint density at radius 2 is 2.00 bits per heavy atom. The molecule has 6 nitrogen and oxygen atoms in total. The predicted molar refractivity (Wildman–Crippen MR) is 87.8 cm³/mol. The fourth-order valence-corrected chi connectivity index (χ4v) is 1.99. The molecule has 122 valence electrons. The van der Waals surface area contributed by atoms with E-state index in [1.165, 1.54) is 7.11 Å². The number of methoxy groups -OCH3 is 1. The van der Waals surface area contributed by atoms with E-state index in [-0.39, 0.29) is 12.5 Å². The third kappa shape index (κ3) is 4.34. The van der Waals surface area contributed by atoms with Crippen molar-refractivity contribution in [3.05, 3.63) is 59.2 Å². The van der Waals surface area contributed by atoms with E-state index in [1.54, 1.807) is 42.5 Å². The number of carbonyl (C=O) groups is 2. The summed E-state index contributed by atoms with van der Waals surface area (Å²) < 4.78 is 10.0. The number of esters is 1. The van der Waals surface area contributed by atoms with E-state index in [0.29, 0.717) is 22.6 Å². The van der Waals surface area contributed by atoms with Crippen LogP contribution in [-0.2, 0) is 9.53 Å². The molecule has 0 saturated carbocycles. The monoisotopic (exact) mass is 324 g/mol. The summed E-state index contributed by atoms with van der Waals surface area (Å²) in [7, 11) is 1.30. The molecule has 2 rings (SSSR count). The van der Waals surface area contributed by atoms with E-state index in [2.05, 4.69) is 10.1 Å². The van der Waals surface area contributed by atoms with Crippen LogP contribution < -0.4 is 10.1 Å². The van der Waals surface area contributed by atoms with Crippen molar-refractivity contribution < 1.29 is 19.1 Å². The van der Waals surface area contributed by atoms with Gasteiger partial charge in [0.05, 0.1) is 24.3 Å². The van der Waals surface area contributed by atoms with Gasteiger partial charge in [0.25, 0.3) is 5.91 Å². The number of rotatable bonds is 5. The van der Waals surface area contributed by atoms with Crippen molar-refractivity contribution in [3.8, 4) is 11.8 Å². The minimum Gasteiger partial charge on any atom is -0.484 e. The van der Waals surface area contributed by atoms with Crippen molar-refractivity contribution in [2.45, 2.75) is 6.92 Å². The van der Waals surface area contributed by atoms with Crippen molar-refractivity contribution in [2.75, 3.05) is 19.0 Å². The van der Waals surface area contributed by atoms with Gasteiger partial charge < -0.3 is 14.8 Å². The molecule has 0 unspecified atom stereocenters. The number of amides is 1. The number of hydrogen-bond donors (Lipinski definition) is 1. The Morgan fingerprint density at radius 3 is 2.71 bits per heavy atom. The first kappa shape index (κ1) is 17.0. The topological polar surface area (TPSA) is 88.4 Å². The van der Waals surface area contributed by atoms with E-state index in [1.807, 2.05) is 13.0 Å². The van der Waals surface area contributed by atoms with Crippen LogP contribution in [0.5, 0.6) is 5.75 Å². The van der Waals surface area contributed by atoms with Gasteiger partial charge in [-0.1, -0.05) is 12.1 Å². The molecule has 2 aromatic carbocycles. The van der Waals surface area contributed by atoms with Crippen LogP contribution in [0.25, 0.3) is 0 Å². The number of ether oxygens (including phenoxy) is 2. The van der Waals surface area contributed by atoms with Gasteiger partial charge in [-0.15, -0.1) is 0 Å². The molecule has 2 aromatic rings. The normalized spacial score (nSPS) is 9.71. The molecule has 0 bridgehead atoms. The van der Waals surface area contributed by atoms with Crippen LogP contribution in [0.4, 0.5) is 5.69 Å². The molecule has 0 aliphatic carbocycles. The highest BCUT2D eigenvalue weighted by molar-refractivity contribution is 5.95. The summed E-state index contributed by atoms with van der Waals surface area (Å²) in [4.78, 5) is 23.6. The maximum atomic E-state index is 12.0. The quantitative estimate of drug-likeness (QED) is 0.854. The number of benzene rings is 2. The van der Waals surface area contributed by atoms with Crippen molar-refractivity contribution in [1.29, 1.82) is 5.26 Å². The largest absolute Gasteiger partial charge is 0.484 e. The van der Waals surface area contributed by atoms with Gasteiger partial charge in [0.1, 0.15) is 5.75 Å². The van der Waals surface area contributed by atoms with Gasteiger partial charge >= 0.3 is 5.97 Å². The van der Waals surface area contributed by atoms with Crippen LogP contribution in [0, 0.1) is 18.3 Å². The van der Waals surface area contributed by atoms with Crippen LogP contribution in [0.1, 0.15) is 21.5 Å².